The van der Waals surface area contributed by atoms with Gasteiger partial charge in [-0.2, -0.15) is 0 Å². The maximum Gasteiger partial charge on any atom is 1.00 e. The average Bonchev–Trinajstić information content (AvgIpc) is 2.41. The Hall–Kier alpha value is -1.14. The van der Waals surface area contributed by atoms with E-state index in [0.717, 1.165) is 4.47 Å². The van der Waals surface area contributed by atoms with Crippen LogP contribution in [0.25, 0.3) is 0 Å². The SMILES string of the molecule is C.Nc1c(CC(=O)O)cccc1C(=O)c1ccc(Br)cc1.[Na+]. The van der Waals surface area contributed by atoms with Crippen molar-refractivity contribution in [3.63, 3.8) is 0 Å². The van der Waals surface area contributed by atoms with Crippen molar-refractivity contribution in [3.05, 3.63) is 63.6 Å². The van der Waals surface area contributed by atoms with E-state index in [9.17, 15) is 9.59 Å². The first kappa shape index (κ1) is 20.9. The molecule has 0 fully saturated rings. The fourth-order valence-electron chi connectivity index (χ4n) is 1.88. The third kappa shape index (κ3) is 4.95. The van der Waals surface area contributed by atoms with Gasteiger partial charge in [0.1, 0.15) is 0 Å². The van der Waals surface area contributed by atoms with Crippen LogP contribution in [-0.2, 0) is 11.2 Å². The monoisotopic (exact) mass is 372 g/mol. The molecule has 0 heterocycles. The summed E-state index contributed by atoms with van der Waals surface area (Å²) in [5, 5.41) is 8.82. The topological polar surface area (TPSA) is 80.4 Å². The molecule has 4 nitrogen and oxygen atoms in total. The van der Waals surface area contributed by atoms with Crippen molar-refractivity contribution in [2.24, 2.45) is 0 Å². The van der Waals surface area contributed by atoms with Gasteiger partial charge in [-0.15, -0.1) is 0 Å². The van der Waals surface area contributed by atoms with Gasteiger partial charge in [-0.25, -0.2) is 0 Å². The second-order valence-corrected chi connectivity index (χ2v) is 5.20. The van der Waals surface area contributed by atoms with E-state index in [1.54, 1.807) is 42.5 Å². The van der Waals surface area contributed by atoms with Gasteiger partial charge in [-0.1, -0.05) is 35.5 Å². The number of carboxylic acids is 1. The predicted octanol–water partition coefficient (Wildman–Crippen LogP) is 0.529. The molecule has 0 atom stereocenters. The Kier molecular flexibility index (Phi) is 8.63. The summed E-state index contributed by atoms with van der Waals surface area (Å²) in [6, 6.07) is 11.8. The zero-order valence-electron chi connectivity index (χ0n) is 11.5. The van der Waals surface area contributed by atoms with E-state index in [0.29, 0.717) is 16.7 Å². The van der Waals surface area contributed by atoms with E-state index >= 15 is 0 Å². The molecule has 2 rings (SSSR count). The number of ketones is 1. The summed E-state index contributed by atoms with van der Waals surface area (Å²) in [6.45, 7) is 0. The molecule has 22 heavy (non-hydrogen) atoms. The molecule has 0 saturated heterocycles. The molecule has 0 aliphatic carbocycles. The molecule has 0 bridgehead atoms. The van der Waals surface area contributed by atoms with Crippen LogP contribution in [0.4, 0.5) is 5.69 Å². The summed E-state index contributed by atoms with van der Waals surface area (Å²) in [5.74, 6) is -1.20. The van der Waals surface area contributed by atoms with Crippen molar-refractivity contribution in [1.82, 2.24) is 0 Å². The standard InChI is InChI=1S/C15H12BrNO3.CH4.Na/c16-11-6-4-9(5-7-11)15(20)12-3-1-2-10(14(12)17)8-13(18)19;;/h1-7H,8,17H2,(H,18,19);1H4;/q;;+1. The smallest absolute Gasteiger partial charge is 0.481 e. The Labute approximate surface area is 160 Å². The van der Waals surface area contributed by atoms with Crippen LogP contribution in [0, 0.1) is 0 Å². The minimum absolute atomic E-state index is 0. The Morgan fingerprint density at radius 3 is 2.23 bits per heavy atom. The molecule has 0 aromatic heterocycles. The van der Waals surface area contributed by atoms with Crippen LogP contribution in [0.3, 0.4) is 0 Å². The third-order valence-corrected chi connectivity index (χ3v) is 3.42. The number of hydrogen-bond donors (Lipinski definition) is 2. The minimum atomic E-state index is -0.982. The predicted molar refractivity (Wildman–Crippen MR) is 86.5 cm³/mol. The van der Waals surface area contributed by atoms with Crippen LogP contribution in [0.1, 0.15) is 28.9 Å². The molecule has 110 valence electrons. The molecule has 2 aromatic rings. The maximum atomic E-state index is 12.4. The molecule has 0 spiro atoms. The number of carbonyl (C=O) groups is 2. The Balaban J connectivity index is 0.00000220. The molecule has 0 saturated carbocycles. The summed E-state index contributed by atoms with van der Waals surface area (Å²) < 4.78 is 0.877. The minimum Gasteiger partial charge on any atom is -0.481 e. The normalized spacial score (nSPS) is 9.32. The van der Waals surface area contributed by atoms with Crippen molar-refractivity contribution in [1.29, 1.82) is 0 Å². The number of hydrogen-bond acceptors (Lipinski definition) is 3. The number of nitrogens with two attached hydrogens (primary N) is 1. The molecule has 2 aromatic carbocycles. The molecule has 0 aliphatic heterocycles. The van der Waals surface area contributed by atoms with Gasteiger partial charge in [0.25, 0.3) is 0 Å². The first-order valence-corrected chi connectivity index (χ1v) is 6.68. The van der Waals surface area contributed by atoms with Crippen molar-refractivity contribution in [3.8, 4) is 0 Å². The van der Waals surface area contributed by atoms with Gasteiger partial charge in [0.05, 0.1) is 6.42 Å². The quantitative estimate of drug-likeness (QED) is 0.466. The second-order valence-electron chi connectivity index (χ2n) is 4.28. The molecule has 0 radical (unpaired) electrons. The van der Waals surface area contributed by atoms with Crippen molar-refractivity contribution < 1.29 is 44.3 Å². The molecule has 0 amide bonds. The Morgan fingerprint density at radius 1 is 1.09 bits per heavy atom. The number of carboxylic acid groups (broad SMARTS) is 1. The fraction of sp³-hybridized carbons (Fsp3) is 0.125. The summed E-state index contributed by atoms with van der Waals surface area (Å²) in [6.07, 6.45) is -0.201. The van der Waals surface area contributed by atoms with E-state index in [1.165, 1.54) is 0 Å². The van der Waals surface area contributed by atoms with Gasteiger partial charge in [0.2, 0.25) is 0 Å². The van der Waals surface area contributed by atoms with Crippen LogP contribution in [0.2, 0.25) is 0 Å². The van der Waals surface area contributed by atoms with Gasteiger partial charge < -0.3 is 10.8 Å². The third-order valence-electron chi connectivity index (χ3n) is 2.89. The van der Waals surface area contributed by atoms with E-state index in [4.69, 9.17) is 10.8 Å². The number of anilines is 1. The number of carbonyl (C=O) groups excluding carboxylic acids is 1. The van der Waals surface area contributed by atoms with Crippen LogP contribution in [0.15, 0.2) is 46.9 Å². The number of halogens is 1. The van der Waals surface area contributed by atoms with Crippen LogP contribution in [0.5, 0.6) is 0 Å². The number of nitrogen functional groups attached to an aromatic ring is 1. The summed E-state index contributed by atoms with van der Waals surface area (Å²) in [7, 11) is 0. The summed E-state index contributed by atoms with van der Waals surface area (Å²) in [4.78, 5) is 23.1. The van der Waals surface area contributed by atoms with Crippen molar-refractivity contribution >= 4 is 33.4 Å². The molecular weight excluding hydrogens is 357 g/mol. The number of rotatable bonds is 4. The van der Waals surface area contributed by atoms with Crippen LogP contribution in [-0.4, -0.2) is 16.9 Å². The zero-order chi connectivity index (χ0) is 14.7. The summed E-state index contributed by atoms with van der Waals surface area (Å²) >= 11 is 3.30. The van der Waals surface area contributed by atoms with Crippen molar-refractivity contribution in [2.45, 2.75) is 13.8 Å². The first-order chi connectivity index (χ1) is 9.49. The molecule has 6 heteroatoms. The second kappa shape index (κ2) is 9.10. The number of para-hydroxylation sites is 1. The molecule has 0 aliphatic rings. The zero-order valence-corrected chi connectivity index (χ0v) is 15.1. The number of benzene rings is 2. The van der Waals surface area contributed by atoms with Gasteiger partial charge in [-0.05, 0) is 35.9 Å². The van der Waals surface area contributed by atoms with Gasteiger partial charge >= 0.3 is 35.5 Å². The van der Waals surface area contributed by atoms with Gasteiger partial charge in [-0.3, -0.25) is 9.59 Å². The van der Waals surface area contributed by atoms with Crippen LogP contribution >= 0.6 is 15.9 Å². The van der Waals surface area contributed by atoms with E-state index in [-0.39, 0.29) is 54.9 Å². The van der Waals surface area contributed by atoms with E-state index in [1.807, 2.05) is 0 Å². The van der Waals surface area contributed by atoms with Gasteiger partial charge in [0.15, 0.2) is 5.78 Å². The number of aliphatic carboxylic acids is 1. The average molecular weight is 373 g/mol. The Morgan fingerprint density at radius 2 is 1.68 bits per heavy atom. The first-order valence-electron chi connectivity index (χ1n) is 5.88. The van der Waals surface area contributed by atoms with Crippen molar-refractivity contribution in [2.75, 3.05) is 5.73 Å². The molecule has 0 unspecified atom stereocenters. The van der Waals surface area contributed by atoms with Gasteiger partial charge in [0, 0.05) is 21.3 Å². The van der Waals surface area contributed by atoms with E-state index < -0.39 is 5.97 Å². The fourth-order valence-corrected chi connectivity index (χ4v) is 2.15. The van der Waals surface area contributed by atoms with Crippen LogP contribution < -0.4 is 35.3 Å². The maximum absolute atomic E-state index is 12.4. The Bertz CT molecular complexity index is 672. The van der Waals surface area contributed by atoms with E-state index in [2.05, 4.69) is 15.9 Å². The largest absolute Gasteiger partial charge is 1.00 e. The molecular formula is C16H16BrNNaO3+. The molecule has 3 N–H and O–H groups in total. The summed E-state index contributed by atoms with van der Waals surface area (Å²) in [5.41, 5.74) is 7.41.